The molecule has 1 atom stereocenters. The Bertz CT molecular complexity index is 1370. The van der Waals surface area contributed by atoms with Crippen molar-refractivity contribution in [2.24, 2.45) is 0 Å². The molecule has 2 heterocycles. The van der Waals surface area contributed by atoms with E-state index >= 15 is 0 Å². The zero-order valence-corrected chi connectivity index (χ0v) is 20.0. The van der Waals surface area contributed by atoms with Crippen molar-refractivity contribution in [2.75, 3.05) is 13.1 Å². The lowest BCUT2D eigenvalue weighted by Crippen LogP contribution is -2.29. The molecule has 0 saturated carbocycles. The van der Waals surface area contributed by atoms with E-state index in [1.807, 2.05) is 30.3 Å². The molecule has 0 amide bonds. The maximum Gasteiger partial charge on any atom is 0.123 e. The monoisotopic (exact) mass is 467 g/mol. The summed E-state index contributed by atoms with van der Waals surface area (Å²) in [6.45, 7) is 4.42. The van der Waals surface area contributed by atoms with Crippen LogP contribution in [0.4, 0.5) is 4.39 Å². The Labute approximate surface area is 205 Å². The Morgan fingerprint density at radius 1 is 1.06 bits per heavy atom. The largest absolute Gasteiger partial charge is 0.361 e. The van der Waals surface area contributed by atoms with E-state index in [2.05, 4.69) is 47.7 Å². The highest BCUT2D eigenvalue weighted by Gasteiger charge is 2.41. The molecule has 5 rings (SSSR count). The summed E-state index contributed by atoms with van der Waals surface area (Å²) in [5, 5.41) is 14.2. The minimum absolute atomic E-state index is 0.256. The number of aromatic nitrogens is 1. The lowest BCUT2D eigenvalue weighted by Gasteiger charge is -2.30. The van der Waals surface area contributed by atoms with Gasteiger partial charge in [0.15, 0.2) is 0 Å². The number of hydrogen-bond acceptors (Lipinski definition) is 3. The van der Waals surface area contributed by atoms with Gasteiger partial charge in [-0.1, -0.05) is 29.8 Å². The number of nitriles is 1. The number of fused-ring (bicyclic) bond motifs is 2. The van der Waals surface area contributed by atoms with E-state index in [0.29, 0.717) is 12.2 Å². The summed E-state index contributed by atoms with van der Waals surface area (Å²) in [6, 6.07) is 21.1. The molecule has 2 N–H and O–H groups in total. The van der Waals surface area contributed by atoms with Crippen LogP contribution in [0.1, 0.15) is 52.6 Å². The van der Waals surface area contributed by atoms with E-state index in [9.17, 15) is 9.65 Å². The van der Waals surface area contributed by atoms with Gasteiger partial charge >= 0.3 is 0 Å². The first kappa shape index (κ1) is 23.3. The van der Waals surface area contributed by atoms with Gasteiger partial charge in [0.25, 0.3) is 0 Å². The first-order valence-electron chi connectivity index (χ1n) is 12.3. The molecular weight excluding hydrogens is 437 g/mol. The second-order valence-corrected chi connectivity index (χ2v) is 9.43. The van der Waals surface area contributed by atoms with Crippen LogP contribution in [0.25, 0.3) is 10.9 Å². The molecular formula is C30H30FN3O. The molecule has 35 heavy (non-hydrogen) atoms. The molecule has 4 nitrogen and oxygen atoms in total. The molecule has 1 unspecified atom stereocenters. The van der Waals surface area contributed by atoms with Crippen molar-refractivity contribution < 1.29 is 9.13 Å². The maximum absolute atomic E-state index is 13.6. The highest BCUT2D eigenvalue weighted by atomic mass is 19.1. The Hall–Kier alpha value is -3.46. The van der Waals surface area contributed by atoms with Crippen LogP contribution in [0.2, 0.25) is 0 Å². The normalized spacial score (nSPS) is 16.9. The van der Waals surface area contributed by atoms with Crippen LogP contribution in [-0.2, 0) is 23.4 Å². The minimum Gasteiger partial charge on any atom is -0.361 e. The van der Waals surface area contributed by atoms with E-state index in [-0.39, 0.29) is 5.82 Å². The van der Waals surface area contributed by atoms with E-state index in [4.69, 9.17) is 4.74 Å². The summed E-state index contributed by atoms with van der Waals surface area (Å²) in [5.74, 6) is -0.256. The smallest absolute Gasteiger partial charge is 0.123 e. The number of aromatic amines is 1. The molecule has 4 aromatic rings. The fourth-order valence-corrected chi connectivity index (χ4v) is 5.25. The molecule has 0 radical (unpaired) electrons. The van der Waals surface area contributed by atoms with E-state index < -0.39 is 5.60 Å². The van der Waals surface area contributed by atoms with Gasteiger partial charge in [0.05, 0.1) is 18.2 Å². The van der Waals surface area contributed by atoms with Crippen LogP contribution in [0.3, 0.4) is 0 Å². The molecule has 1 aliphatic heterocycles. The number of ether oxygens (including phenoxy) is 1. The number of nitrogens with one attached hydrogen (secondary N) is 2. The van der Waals surface area contributed by atoms with Crippen molar-refractivity contribution in [3.8, 4) is 6.07 Å². The van der Waals surface area contributed by atoms with Crippen LogP contribution in [0.15, 0.2) is 66.9 Å². The fourth-order valence-electron chi connectivity index (χ4n) is 5.25. The van der Waals surface area contributed by atoms with Gasteiger partial charge < -0.3 is 15.0 Å². The van der Waals surface area contributed by atoms with Crippen molar-refractivity contribution in [2.45, 2.75) is 44.8 Å². The molecule has 5 heteroatoms. The van der Waals surface area contributed by atoms with Crippen molar-refractivity contribution in [1.29, 1.82) is 5.26 Å². The van der Waals surface area contributed by atoms with Crippen molar-refractivity contribution in [3.63, 3.8) is 0 Å². The highest BCUT2D eigenvalue weighted by Crippen LogP contribution is 2.45. The van der Waals surface area contributed by atoms with Gasteiger partial charge in [-0.05, 0) is 104 Å². The van der Waals surface area contributed by atoms with Gasteiger partial charge in [-0.3, -0.25) is 0 Å². The SMILES string of the molecule is Cc1ccc2[nH]cc(CCCNCCCC3(c4ccc(F)cc4)OCc4cc(C#N)ccc43)c2c1. The topological polar surface area (TPSA) is 60.8 Å². The fraction of sp³-hybridized carbons (Fsp3) is 0.300. The second kappa shape index (κ2) is 10.0. The average molecular weight is 468 g/mol. The van der Waals surface area contributed by atoms with Gasteiger partial charge in [0.2, 0.25) is 0 Å². The van der Waals surface area contributed by atoms with Crippen LogP contribution in [-0.4, -0.2) is 18.1 Å². The minimum atomic E-state index is -0.611. The molecule has 0 aliphatic carbocycles. The zero-order chi connectivity index (χ0) is 24.3. The highest BCUT2D eigenvalue weighted by molar-refractivity contribution is 5.83. The molecule has 3 aromatic carbocycles. The van der Waals surface area contributed by atoms with Crippen LogP contribution in [0, 0.1) is 24.1 Å². The number of halogens is 1. The average Bonchev–Trinajstić information content (AvgIpc) is 3.45. The predicted molar refractivity (Wildman–Crippen MR) is 137 cm³/mol. The molecule has 0 fully saturated rings. The summed E-state index contributed by atoms with van der Waals surface area (Å²) in [6.07, 6.45) is 5.94. The number of H-pyrrole nitrogens is 1. The second-order valence-electron chi connectivity index (χ2n) is 9.43. The van der Waals surface area contributed by atoms with Crippen molar-refractivity contribution in [3.05, 3.63) is 106 Å². The molecule has 178 valence electrons. The van der Waals surface area contributed by atoms with Crippen LogP contribution >= 0.6 is 0 Å². The van der Waals surface area contributed by atoms with Crippen molar-refractivity contribution >= 4 is 10.9 Å². The van der Waals surface area contributed by atoms with E-state index in [0.717, 1.165) is 55.5 Å². The summed E-state index contributed by atoms with van der Waals surface area (Å²) in [4.78, 5) is 3.37. The van der Waals surface area contributed by atoms with Gasteiger partial charge in [0, 0.05) is 17.1 Å². The van der Waals surface area contributed by atoms with Gasteiger partial charge in [-0.15, -0.1) is 0 Å². The lowest BCUT2D eigenvalue weighted by molar-refractivity contribution is -0.0129. The number of nitrogens with zero attached hydrogens (tertiary/aromatic N) is 1. The summed E-state index contributed by atoms with van der Waals surface area (Å²) in [5.41, 5.74) is 6.95. The zero-order valence-electron chi connectivity index (χ0n) is 20.0. The Morgan fingerprint density at radius 2 is 1.89 bits per heavy atom. The summed E-state index contributed by atoms with van der Waals surface area (Å²) in [7, 11) is 0. The first-order chi connectivity index (χ1) is 17.1. The van der Waals surface area contributed by atoms with E-state index in [1.165, 1.54) is 34.2 Å². The summed E-state index contributed by atoms with van der Waals surface area (Å²) >= 11 is 0. The summed E-state index contributed by atoms with van der Waals surface area (Å²) < 4.78 is 20.0. The quantitative estimate of drug-likeness (QED) is 0.286. The predicted octanol–water partition coefficient (Wildman–Crippen LogP) is 6.26. The Balaban J connectivity index is 1.19. The van der Waals surface area contributed by atoms with Crippen molar-refractivity contribution in [1.82, 2.24) is 10.3 Å². The lowest BCUT2D eigenvalue weighted by atomic mass is 9.81. The first-order valence-corrected chi connectivity index (χ1v) is 12.3. The molecule has 1 aromatic heterocycles. The number of benzene rings is 3. The van der Waals surface area contributed by atoms with Gasteiger partial charge in [0.1, 0.15) is 11.4 Å². The Kier molecular flexibility index (Phi) is 6.68. The number of rotatable bonds is 9. The molecule has 0 spiro atoms. The molecule has 0 saturated heterocycles. The number of aryl methyl sites for hydroxylation is 2. The standard InChI is InChI=1S/C30H30FN3O/c1-21-5-12-29-27(16-21)23(19-34-29)4-2-14-33-15-3-13-30(25-7-9-26(31)10-8-25)28-11-6-22(18-32)17-24(28)20-35-30/h5-12,16-17,19,33-34H,2-4,13-15,20H2,1H3. The number of hydrogen-bond donors (Lipinski definition) is 2. The molecule has 0 bridgehead atoms. The van der Waals surface area contributed by atoms with E-state index in [1.54, 1.807) is 0 Å². The maximum atomic E-state index is 13.6. The van der Waals surface area contributed by atoms with Gasteiger partial charge in [-0.2, -0.15) is 5.26 Å². The van der Waals surface area contributed by atoms with Crippen LogP contribution in [0.5, 0.6) is 0 Å². The van der Waals surface area contributed by atoms with Crippen LogP contribution < -0.4 is 5.32 Å². The van der Waals surface area contributed by atoms with Gasteiger partial charge in [-0.25, -0.2) is 4.39 Å². The third-order valence-corrected chi connectivity index (χ3v) is 7.06. The molecule has 1 aliphatic rings. The third kappa shape index (κ3) is 4.73. The third-order valence-electron chi connectivity index (χ3n) is 7.06. The Morgan fingerprint density at radius 3 is 2.71 bits per heavy atom.